The molecule has 4 heteroatoms. The molecule has 1 aliphatic carbocycles. The van der Waals surface area contributed by atoms with Crippen LogP contribution in [0.25, 0.3) is 0 Å². The maximum atomic E-state index is 13.4. The fourth-order valence-electron chi connectivity index (χ4n) is 3.45. The number of benzene rings is 1. The summed E-state index contributed by atoms with van der Waals surface area (Å²) in [7, 11) is 0. The number of imide groups is 1. The van der Waals surface area contributed by atoms with Crippen molar-refractivity contribution in [3.63, 3.8) is 0 Å². The van der Waals surface area contributed by atoms with Gasteiger partial charge in [-0.25, -0.2) is 9.29 Å². The molecule has 0 aromatic heterocycles. The number of hydrogen-bond donors (Lipinski definition) is 0. The quantitative estimate of drug-likeness (QED) is 0.739. The monoisotopic (exact) mass is 275 g/mol. The van der Waals surface area contributed by atoms with Crippen molar-refractivity contribution in [2.45, 2.75) is 33.1 Å². The van der Waals surface area contributed by atoms with Crippen molar-refractivity contribution in [3.05, 3.63) is 29.6 Å². The van der Waals surface area contributed by atoms with E-state index in [1.165, 1.54) is 17.0 Å². The molecule has 2 fully saturated rings. The molecule has 0 radical (unpaired) electrons. The number of fused-ring (bicyclic) bond motifs is 1. The van der Waals surface area contributed by atoms with Gasteiger partial charge in [0.15, 0.2) is 0 Å². The summed E-state index contributed by atoms with van der Waals surface area (Å²) in [5.41, 5.74) is 1.15. The fraction of sp³-hybridized carbons (Fsp3) is 0.500. The van der Waals surface area contributed by atoms with Crippen LogP contribution in [-0.4, -0.2) is 11.8 Å². The first-order chi connectivity index (χ1) is 9.49. The van der Waals surface area contributed by atoms with E-state index in [2.05, 4.69) is 6.92 Å². The Hall–Kier alpha value is -1.71. The van der Waals surface area contributed by atoms with E-state index >= 15 is 0 Å². The summed E-state index contributed by atoms with van der Waals surface area (Å²) in [6, 6.07) is 4.24. The van der Waals surface area contributed by atoms with Crippen LogP contribution >= 0.6 is 0 Å². The second-order valence-corrected chi connectivity index (χ2v) is 6.07. The van der Waals surface area contributed by atoms with Crippen molar-refractivity contribution in [1.82, 2.24) is 0 Å². The molecule has 0 spiro atoms. The average molecular weight is 275 g/mol. The number of aryl methyl sites for hydroxylation is 1. The SMILES string of the molecule is Cc1ccc(F)cc1N1C(=O)[C@@H]2CC[C@H](C)C[C@H]2C1=O. The number of nitrogens with zero attached hydrogens (tertiary/aromatic N) is 1. The second-order valence-electron chi connectivity index (χ2n) is 6.07. The molecule has 0 bridgehead atoms. The minimum Gasteiger partial charge on any atom is -0.274 e. The van der Waals surface area contributed by atoms with Gasteiger partial charge in [0.05, 0.1) is 17.5 Å². The number of hydrogen-bond acceptors (Lipinski definition) is 2. The maximum absolute atomic E-state index is 13.4. The third-order valence-corrected chi connectivity index (χ3v) is 4.60. The topological polar surface area (TPSA) is 37.4 Å². The van der Waals surface area contributed by atoms with Gasteiger partial charge in [-0.15, -0.1) is 0 Å². The summed E-state index contributed by atoms with van der Waals surface area (Å²) in [5, 5.41) is 0. The Morgan fingerprint density at radius 3 is 2.60 bits per heavy atom. The Balaban J connectivity index is 2.00. The largest absolute Gasteiger partial charge is 0.274 e. The van der Waals surface area contributed by atoms with E-state index in [9.17, 15) is 14.0 Å². The van der Waals surface area contributed by atoms with Gasteiger partial charge in [0, 0.05) is 0 Å². The molecule has 1 aromatic rings. The number of anilines is 1. The van der Waals surface area contributed by atoms with Crippen molar-refractivity contribution >= 4 is 17.5 Å². The Morgan fingerprint density at radius 2 is 1.85 bits per heavy atom. The molecule has 1 aliphatic heterocycles. The summed E-state index contributed by atoms with van der Waals surface area (Å²) in [5.74, 6) is -0.674. The Kier molecular flexibility index (Phi) is 3.11. The smallest absolute Gasteiger partial charge is 0.237 e. The second kappa shape index (κ2) is 4.69. The zero-order chi connectivity index (χ0) is 14.4. The van der Waals surface area contributed by atoms with E-state index in [1.54, 1.807) is 13.0 Å². The van der Waals surface area contributed by atoms with Crippen molar-refractivity contribution < 1.29 is 14.0 Å². The normalized spacial score (nSPS) is 29.8. The van der Waals surface area contributed by atoms with Crippen LogP contribution < -0.4 is 4.90 Å². The lowest BCUT2D eigenvalue weighted by atomic mass is 9.76. The summed E-state index contributed by atoms with van der Waals surface area (Å²) in [4.78, 5) is 26.3. The van der Waals surface area contributed by atoms with Gasteiger partial charge in [-0.1, -0.05) is 13.0 Å². The Labute approximate surface area is 117 Å². The lowest BCUT2D eigenvalue weighted by Gasteiger charge is -2.25. The van der Waals surface area contributed by atoms with Gasteiger partial charge in [-0.05, 0) is 49.8 Å². The van der Waals surface area contributed by atoms with Crippen LogP contribution in [0, 0.1) is 30.5 Å². The van der Waals surface area contributed by atoms with Gasteiger partial charge < -0.3 is 0 Å². The molecule has 2 amide bonds. The molecule has 106 valence electrons. The van der Waals surface area contributed by atoms with Gasteiger partial charge in [-0.2, -0.15) is 0 Å². The highest BCUT2D eigenvalue weighted by Gasteiger charge is 2.50. The molecule has 1 heterocycles. The van der Waals surface area contributed by atoms with E-state index < -0.39 is 5.82 Å². The van der Waals surface area contributed by atoms with Crippen LogP contribution in [0.4, 0.5) is 10.1 Å². The first-order valence-electron chi connectivity index (χ1n) is 7.13. The molecule has 3 nitrogen and oxygen atoms in total. The van der Waals surface area contributed by atoms with Gasteiger partial charge in [0.1, 0.15) is 5.82 Å². The first-order valence-corrected chi connectivity index (χ1v) is 7.13. The van der Waals surface area contributed by atoms with E-state index in [0.717, 1.165) is 24.8 Å². The zero-order valence-corrected chi connectivity index (χ0v) is 11.7. The number of halogens is 1. The van der Waals surface area contributed by atoms with Gasteiger partial charge in [-0.3, -0.25) is 9.59 Å². The van der Waals surface area contributed by atoms with Gasteiger partial charge in [0.2, 0.25) is 11.8 Å². The van der Waals surface area contributed by atoms with Crippen LogP contribution in [0.5, 0.6) is 0 Å². The standard InChI is InChI=1S/C16H18FNO2/c1-9-3-6-12-13(7-9)16(20)18(15(12)19)14-8-11(17)5-4-10(14)2/h4-5,8-9,12-13H,3,6-7H2,1-2H3/t9-,12+,13+/m0/s1. The molecule has 2 aliphatic rings. The number of carbonyl (C=O) groups excluding carboxylic acids is 2. The number of rotatable bonds is 1. The van der Waals surface area contributed by atoms with E-state index in [4.69, 9.17) is 0 Å². The average Bonchev–Trinajstić information content (AvgIpc) is 2.65. The van der Waals surface area contributed by atoms with E-state index in [0.29, 0.717) is 11.6 Å². The van der Waals surface area contributed by atoms with Crippen LogP contribution in [0.1, 0.15) is 31.7 Å². The lowest BCUT2D eigenvalue weighted by Crippen LogP contribution is -2.31. The summed E-state index contributed by atoms with van der Waals surface area (Å²) < 4.78 is 13.4. The predicted molar refractivity (Wildman–Crippen MR) is 73.6 cm³/mol. The molecule has 3 atom stereocenters. The molecule has 0 N–H and O–H groups in total. The van der Waals surface area contributed by atoms with Crippen LogP contribution in [0.3, 0.4) is 0 Å². The predicted octanol–water partition coefficient (Wildman–Crippen LogP) is 3.06. The van der Waals surface area contributed by atoms with Gasteiger partial charge >= 0.3 is 0 Å². The molecule has 1 aromatic carbocycles. The minimum atomic E-state index is -0.422. The molecular weight excluding hydrogens is 257 g/mol. The van der Waals surface area contributed by atoms with Crippen LogP contribution in [-0.2, 0) is 9.59 Å². The lowest BCUT2D eigenvalue weighted by molar-refractivity contribution is -0.122. The molecule has 3 rings (SSSR count). The molecule has 1 saturated carbocycles. The first kappa shape index (κ1) is 13.3. The molecular formula is C16H18FNO2. The minimum absolute atomic E-state index is 0.152. The highest BCUT2D eigenvalue weighted by molar-refractivity contribution is 6.22. The number of amides is 2. The fourth-order valence-corrected chi connectivity index (χ4v) is 3.45. The maximum Gasteiger partial charge on any atom is 0.237 e. The van der Waals surface area contributed by atoms with E-state index in [-0.39, 0.29) is 23.7 Å². The van der Waals surface area contributed by atoms with Crippen LogP contribution in [0.2, 0.25) is 0 Å². The molecule has 1 saturated heterocycles. The van der Waals surface area contributed by atoms with Crippen molar-refractivity contribution in [3.8, 4) is 0 Å². The molecule has 0 unspecified atom stereocenters. The summed E-state index contributed by atoms with van der Waals surface area (Å²) >= 11 is 0. The highest BCUT2D eigenvalue weighted by Crippen LogP contribution is 2.42. The van der Waals surface area contributed by atoms with Crippen molar-refractivity contribution in [1.29, 1.82) is 0 Å². The summed E-state index contributed by atoms with van der Waals surface area (Å²) in [6.07, 6.45) is 2.51. The third kappa shape index (κ3) is 1.94. The summed E-state index contributed by atoms with van der Waals surface area (Å²) in [6.45, 7) is 3.91. The van der Waals surface area contributed by atoms with Crippen molar-refractivity contribution in [2.75, 3.05) is 4.90 Å². The number of carbonyl (C=O) groups is 2. The van der Waals surface area contributed by atoms with Crippen molar-refractivity contribution in [2.24, 2.45) is 17.8 Å². The Morgan fingerprint density at radius 1 is 1.15 bits per heavy atom. The van der Waals surface area contributed by atoms with Gasteiger partial charge in [0.25, 0.3) is 0 Å². The highest BCUT2D eigenvalue weighted by atomic mass is 19.1. The van der Waals surface area contributed by atoms with Crippen LogP contribution in [0.15, 0.2) is 18.2 Å². The Bertz CT molecular complexity index is 584. The zero-order valence-electron chi connectivity index (χ0n) is 11.7. The van der Waals surface area contributed by atoms with E-state index in [1.807, 2.05) is 0 Å². The third-order valence-electron chi connectivity index (χ3n) is 4.60. The molecule has 20 heavy (non-hydrogen) atoms.